The summed E-state index contributed by atoms with van der Waals surface area (Å²) in [6.07, 6.45) is 7.46. The summed E-state index contributed by atoms with van der Waals surface area (Å²) < 4.78 is 6.29. The first-order chi connectivity index (χ1) is 10.6. The second-order valence-electron chi connectivity index (χ2n) is 6.66. The van der Waals surface area contributed by atoms with Crippen molar-refractivity contribution in [2.45, 2.75) is 58.2 Å². The van der Waals surface area contributed by atoms with Gasteiger partial charge in [-0.1, -0.05) is 24.3 Å². The molecule has 1 fully saturated rings. The first kappa shape index (κ1) is 15.3. The molecule has 2 unspecified atom stereocenters. The van der Waals surface area contributed by atoms with Gasteiger partial charge in [-0.3, -0.25) is 9.69 Å². The van der Waals surface area contributed by atoms with Gasteiger partial charge >= 0.3 is 0 Å². The van der Waals surface area contributed by atoms with E-state index < -0.39 is 0 Å². The lowest BCUT2D eigenvalue weighted by Gasteiger charge is -2.25. The van der Waals surface area contributed by atoms with Crippen LogP contribution in [0.15, 0.2) is 24.3 Å². The van der Waals surface area contributed by atoms with E-state index in [1.54, 1.807) is 6.92 Å². The molecule has 3 nitrogen and oxygen atoms in total. The Morgan fingerprint density at radius 3 is 2.86 bits per heavy atom. The van der Waals surface area contributed by atoms with Gasteiger partial charge in [-0.15, -0.1) is 0 Å². The molecule has 1 heterocycles. The average molecular weight is 299 g/mol. The van der Waals surface area contributed by atoms with Gasteiger partial charge in [0.05, 0.1) is 6.04 Å². The quantitative estimate of drug-likeness (QED) is 0.852. The number of hydrogen-bond donors (Lipinski definition) is 0. The minimum atomic E-state index is 0.0000746. The number of ketones is 1. The smallest absolute Gasteiger partial charge is 0.147 e. The summed E-state index contributed by atoms with van der Waals surface area (Å²) in [4.78, 5) is 14.1. The predicted octanol–water partition coefficient (Wildman–Crippen LogP) is 3.47. The number of carbonyl (C=O) groups is 1. The van der Waals surface area contributed by atoms with Gasteiger partial charge in [-0.05, 0) is 45.2 Å². The van der Waals surface area contributed by atoms with Crippen LogP contribution < -0.4 is 4.74 Å². The number of likely N-dealkylation sites (tertiary alicyclic amines) is 1. The molecule has 3 rings (SSSR count). The van der Waals surface area contributed by atoms with Crippen LogP contribution in [0.2, 0.25) is 0 Å². The molecule has 2 atom stereocenters. The van der Waals surface area contributed by atoms with E-state index in [-0.39, 0.29) is 17.9 Å². The third-order valence-corrected chi connectivity index (χ3v) is 4.75. The highest BCUT2D eigenvalue weighted by Crippen LogP contribution is 2.32. The number of carbonyl (C=O) groups excluding carboxylic acids is 1. The minimum Gasteiger partial charge on any atom is -0.488 e. The van der Waals surface area contributed by atoms with Gasteiger partial charge in [0.15, 0.2) is 0 Å². The summed E-state index contributed by atoms with van der Waals surface area (Å²) >= 11 is 0. The standard InChI is InChI=1S/C19H25NO2/c1-13(2)20-12-16(11-18(20)14(3)21)22-19-10-6-8-15-7-4-5-9-17(15)19/h5-6,8-10,13,16,18H,4,7,11-12H2,1-3H3. The van der Waals surface area contributed by atoms with E-state index in [0.717, 1.165) is 31.6 Å². The number of ether oxygens (including phenoxy) is 1. The Bertz CT molecular complexity index is 591. The molecule has 1 aliphatic heterocycles. The SMILES string of the molecule is CC(=O)C1CC(Oc2cccc3c2C=CCC3)CN1C(C)C. The zero-order valence-corrected chi connectivity index (χ0v) is 13.7. The van der Waals surface area contributed by atoms with E-state index in [1.165, 1.54) is 11.1 Å². The van der Waals surface area contributed by atoms with Crippen molar-refractivity contribution in [2.75, 3.05) is 6.54 Å². The van der Waals surface area contributed by atoms with Crippen LogP contribution in [0.25, 0.3) is 6.08 Å². The molecule has 118 valence electrons. The molecule has 3 heteroatoms. The Labute approximate surface area is 133 Å². The summed E-state index contributed by atoms with van der Waals surface area (Å²) in [5.74, 6) is 1.21. The van der Waals surface area contributed by atoms with Crippen molar-refractivity contribution >= 4 is 11.9 Å². The van der Waals surface area contributed by atoms with Crippen molar-refractivity contribution in [1.82, 2.24) is 4.90 Å². The minimum absolute atomic E-state index is 0.0000746. The molecule has 0 radical (unpaired) electrons. The number of aryl methyl sites for hydroxylation is 1. The molecule has 0 aromatic heterocycles. The third-order valence-electron chi connectivity index (χ3n) is 4.75. The first-order valence-electron chi connectivity index (χ1n) is 8.27. The second kappa shape index (κ2) is 6.25. The van der Waals surface area contributed by atoms with Crippen LogP contribution in [0, 0.1) is 0 Å². The van der Waals surface area contributed by atoms with Crippen molar-refractivity contribution in [3.63, 3.8) is 0 Å². The number of allylic oxidation sites excluding steroid dienone is 1. The Hall–Kier alpha value is -1.61. The molecule has 1 aliphatic carbocycles. The van der Waals surface area contributed by atoms with E-state index in [1.807, 2.05) is 0 Å². The second-order valence-corrected chi connectivity index (χ2v) is 6.66. The van der Waals surface area contributed by atoms with Gasteiger partial charge in [0.2, 0.25) is 0 Å². The zero-order valence-electron chi connectivity index (χ0n) is 13.7. The summed E-state index contributed by atoms with van der Waals surface area (Å²) in [7, 11) is 0. The Balaban J connectivity index is 1.78. The highest BCUT2D eigenvalue weighted by Gasteiger charge is 2.37. The maximum absolute atomic E-state index is 11.9. The lowest BCUT2D eigenvalue weighted by molar-refractivity contribution is -0.121. The maximum Gasteiger partial charge on any atom is 0.147 e. The fraction of sp³-hybridized carbons (Fsp3) is 0.526. The summed E-state index contributed by atoms with van der Waals surface area (Å²) in [5, 5.41) is 0. The van der Waals surface area contributed by atoms with Crippen molar-refractivity contribution in [1.29, 1.82) is 0 Å². The number of benzene rings is 1. The van der Waals surface area contributed by atoms with Crippen molar-refractivity contribution in [3.05, 3.63) is 35.4 Å². The molecule has 1 saturated heterocycles. The highest BCUT2D eigenvalue weighted by molar-refractivity contribution is 5.81. The molecule has 1 aromatic rings. The number of fused-ring (bicyclic) bond motifs is 1. The van der Waals surface area contributed by atoms with Gasteiger partial charge in [-0.2, -0.15) is 0 Å². The van der Waals surface area contributed by atoms with Gasteiger partial charge in [0, 0.05) is 24.6 Å². The molecular weight excluding hydrogens is 274 g/mol. The van der Waals surface area contributed by atoms with Crippen LogP contribution in [-0.2, 0) is 11.2 Å². The summed E-state index contributed by atoms with van der Waals surface area (Å²) in [6.45, 7) is 6.81. The van der Waals surface area contributed by atoms with E-state index in [2.05, 4.69) is 49.1 Å². The van der Waals surface area contributed by atoms with Crippen LogP contribution in [-0.4, -0.2) is 35.4 Å². The predicted molar refractivity (Wildman–Crippen MR) is 89.1 cm³/mol. The normalized spacial score (nSPS) is 24.5. The number of rotatable bonds is 4. The van der Waals surface area contributed by atoms with Gasteiger partial charge < -0.3 is 4.74 Å². The van der Waals surface area contributed by atoms with Crippen LogP contribution >= 0.6 is 0 Å². The molecule has 0 spiro atoms. The molecule has 0 bridgehead atoms. The fourth-order valence-corrected chi connectivity index (χ4v) is 3.60. The van der Waals surface area contributed by atoms with Crippen LogP contribution in [0.5, 0.6) is 5.75 Å². The molecule has 1 aromatic carbocycles. The van der Waals surface area contributed by atoms with E-state index in [9.17, 15) is 4.79 Å². The Morgan fingerprint density at radius 1 is 1.36 bits per heavy atom. The van der Waals surface area contributed by atoms with Crippen molar-refractivity contribution in [2.24, 2.45) is 0 Å². The average Bonchev–Trinajstić information content (AvgIpc) is 2.92. The highest BCUT2D eigenvalue weighted by atomic mass is 16.5. The van der Waals surface area contributed by atoms with E-state index in [4.69, 9.17) is 4.74 Å². The van der Waals surface area contributed by atoms with E-state index in [0.29, 0.717) is 6.04 Å². The lowest BCUT2D eigenvalue weighted by atomic mass is 9.97. The topological polar surface area (TPSA) is 29.5 Å². The van der Waals surface area contributed by atoms with Gasteiger partial charge in [0.1, 0.15) is 17.6 Å². The number of nitrogens with zero attached hydrogens (tertiary/aromatic N) is 1. The molecular formula is C19H25NO2. The molecule has 0 saturated carbocycles. The van der Waals surface area contributed by atoms with Crippen molar-refractivity contribution < 1.29 is 9.53 Å². The molecule has 0 N–H and O–H groups in total. The largest absolute Gasteiger partial charge is 0.488 e. The van der Waals surface area contributed by atoms with Gasteiger partial charge in [0.25, 0.3) is 0 Å². The lowest BCUT2D eigenvalue weighted by Crippen LogP contribution is -2.39. The fourth-order valence-electron chi connectivity index (χ4n) is 3.60. The van der Waals surface area contributed by atoms with Crippen LogP contribution in [0.4, 0.5) is 0 Å². The molecule has 2 aliphatic rings. The molecule has 0 amide bonds. The maximum atomic E-state index is 11.9. The Kier molecular flexibility index (Phi) is 4.34. The third kappa shape index (κ3) is 2.95. The monoisotopic (exact) mass is 299 g/mol. The van der Waals surface area contributed by atoms with E-state index >= 15 is 0 Å². The van der Waals surface area contributed by atoms with Crippen LogP contribution in [0.3, 0.4) is 0 Å². The van der Waals surface area contributed by atoms with Gasteiger partial charge in [-0.25, -0.2) is 0 Å². The summed E-state index contributed by atoms with van der Waals surface area (Å²) in [6, 6.07) is 6.67. The van der Waals surface area contributed by atoms with Crippen LogP contribution in [0.1, 0.15) is 44.7 Å². The number of Topliss-reactive ketones (excluding diaryl/α,β-unsaturated/α-hetero) is 1. The van der Waals surface area contributed by atoms with Crippen molar-refractivity contribution in [3.8, 4) is 5.75 Å². The Morgan fingerprint density at radius 2 is 2.18 bits per heavy atom. The molecule has 22 heavy (non-hydrogen) atoms. The summed E-state index contributed by atoms with van der Waals surface area (Å²) in [5.41, 5.74) is 2.58. The first-order valence-corrected chi connectivity index (χ1v) is 8.27. The zero-order chi connectivity index (χ0) is 15.7. The number of hydrogen-bond acceptors (Lipinski definition) is 3.